The van der Waals surface area contributed by atoms with E-state index in [9.17, 15) is 0 Å². The van der Waals surface area contributed by atoms with Crippen molar-refractivity contribution >= 4 is 23.1 Å². The largest absolute Gasteiger partial charge is 0.356 e. The number of hydrogen-bond acceptors (Lipinski definition) is 4. The Balaban J connectivity index is 1.81. The summed E-state index contributed by atoms with van der Waals surface area (Å²) in [7, 11) is 0. The van der Waals surface area contributed by atoms with Crippen LogP contribution in [-0.4, -0.2) is 5.16 Å². The lowest BCUT2D eigenvalue weighted by Gasteiger charge is -2.28. The minimum Gasteiger partial charge on any atom is -0.356 e. The maximum atomic E-state index is 5.60. The summed E-state index contributed by atoms with van der Waals surface area (Å²) >= 11 is 3.61. The summed E-state index contributed by atoms with van der Waals surface area (Å²) in [6.07, 6.45) is 2.93. The topological polar surface area (TPSA) is 26.0 Å². The van der Waals surface area contributed by atoms with Crippen LogP contribution in [0.3, 0.4) is 0 Å². The van der Waals surface area contributed by atoms with Gasteiger partial charge < -0.3 is 4.52 Å². The number of fused-ring (bicyclic) bond motifs is 3. The van der Waals surface area contributed by atoms with E-state index in [1.54, 1.807) is 23.1 Å². The van der Waals surface area contributed by atoms with Crippen LogP contribution in [0.1, 0.15) is 25.0 Å². The molecule has 0 fully saturated rings. The molecule has 1 aliphatic rings. The molecule has 0 aliphatic heterocycles. The van der Waals surface area contributed by atoms with Crippen LogP contribution < -0.4 is 0 Å². The van der Waals surface area contributed by atoms with Gasteiger partial charge in [0.1, 0.15) is 0 Å². The van der Waals surface area contributed by atoms with Crippen molar-refractivity contribution in [2.45, 2.75) is 34.8 Å². The molecule has 21 heavy (non-hydrogen) atoms. The number of rotatable bonds is 2. The summed E-state index contributed by atoms with van der Waals surface area (Å²) in [6.45, 7) is 4.52. The monoisotopic (exact) mass is 313 g/mol. The Hall–Kier alpha value is -1.52. The van der Waals surface area contributed by atoms with Crippen molar-refractivity contribution in [3.05, 3.63) is 53.0 Å². The minimum atomic E-state index is 0.0953. The second-order valence-corrected chi connectivity index (χ2v) is 8.19. The van der Waals surface area contributed by atoms with Crippen molar-refractivity contribution in [1.29, 1.82) is 0 Å². The number of aromatic nitrogens is 1. The zero-order chi connectivity index (χ0) is 14.4. The fourth-order valence-electron chi connectivity index (χ4n) is 2.89. The average Bonchev–Trinajstić information content (AvgIpc) is 3.07. The van der Waals surface area contributed by atoms with Gasteiger partial charge in [-0.15, -0.1) is 11.3 Å². The minimum absolute atomic E-state index is 0.0953. The highest BCUT2D eigenvalue weighted by atomic mass is 32.2. The molecular formula is C17H15NOS2. The average molecular weight is 313 g/mol. The summed E-state index contributed by atoms with van der Waals surface area (Å²) < 4.78 is 6.89. The van der Waals surface area contributed by atoms with E-state index >= 15 is 0 Å². The quantitative estimate of drug-likeness (QED) is 0.634. The van der Waals surface area contributed by atoms with Crippen molar-refractivity contribution in [1.82, 2.24) is 5.16 Å². The van der Waals surface area contributed by atoms with Crippen LogP contribution in [0, 0.1) is 0 Å². The molecule has 0 spiro atoms. The third-order valence-electron chi connectivity index (χ3n) is 3.95. The molecule has 0 atom stereocenters. The van der Waals surface area contributed by atoms with Gasteiger partial charge in [0.2, 0.25) is 0 Å². The van der Waals surface area contributed by atoms with Gasteiger partial charge in [-0.05, 0) is 34.9 Å². The molecule has 2 heterocycles. The molecule has 1 aromatic carbocycles. The van der Waals surface area contributed by atoms with Crippen LogP contribution in [0.4, 0.5) is 0 Å². The van der Waals surface area contributed by atoms with Crippen LogP contribution in [0.25, 0.3) is 11.3 Å². The third-order valence-corrected chi connectivity index (χ3v) is 6.20. The first-order valence-electron chi connectivity index (χ1n) is 6.94. The fourth-order valence-corrected chi connectivity index (χ4v) is 5.14. The predicted molar refractivity (Wildman–Crippen MR) is 87.1 cm³/mol. The molecule has 0 saturated carbocycles. The molecule has 0 unspecified atom stereocenters. The standard InChI is InChI=1S/C17H15NOS2/c1-17(2)8-11-10-20-16(21-12-6-4-3-5-7-12)14(11)15-13(17)9-18-19-15/h3-7,9-10H,8H2,1-2H3. The molecule has 0 radical (unpaired) electrons. The lowest BCUT2D eigenvalue weighted by atomic mass is 9.74. The molecule has 2 aromatic heterocycles. The predicted octanol–water partition coefficient (Wildman–Crippen LogP) is 5.39. The lowest BCUT2D eigenvalue weighted by Crippen LogP contribution is -2.23. The van der Waals surface area contributed by atoms with E-state index in [2.05, 4.69) is 48.6 Å². The van der Waals surface area contributed by atoms with Crippen LogP contribution in [-0.2, 0) is 11.8 Å². The number of nitrogens with zero attached hydrogens (tertiary/aromatic N) is 1. The van der Waals surface area contributed by atoms with Gasteiger partial charge in [0, 0.05) is 16.0 Å². The van der Waals surface area contributed by atoms with Gasteiger partial charge in [0.25, 0.3) is 0 Å². The maximum absolute atomic E-state index is 5.60. The molecule has 1 aliphatic carbocycles. The highest BCUT2D eigenvalue weighted by Gasteiger charge is 2.36. The van der Waals surface area contributed by atoms with E-state index in [1.807, 2.05) is 12.3 Å². The Morgan fingerprint density at radius 1 is 1.24 bits per heavy atom. The molecule has 0 bridgehead atoms. The van der Waals surface area contributed by atoms with Crippen molar-refractivity contribution in [2.24, 2.45) is 0 Å². The SMILES string of the molecule is CC1(C)Cc2csc(Sc3ccccc3)c2-c2oncc21. The zero-order valence-electron chi connectivity index (χ0n) is 11.9. The Labute approximate surface area is 132 Å². The summed E-state index contributed by atoms with van der Waals surface area (Å²) in [5, 5.41) is 6.32. The molecule has 106 valence electrons. The van der Waals surface area contributed by atoms with Crippen molar-refractivity contribution < 1.29 is 4.52 Å². The van der Waals surface area contributed by atoms with Gasteiger partial charge in [-0.3, -0.25) is 0 Å². The third kappa shape index (κ3) is 2.14. The van der Waals surface area contributed by atoms with Gasteiger partial charge in [0.15, 0.2) is 5.76 Å². The van der Waals surface area contributed by atoms with E-state index in [0.29, 0.717) is 0 Å². The van der Waals surface area contributed by atoms with Gasteiger partial charge in [-0.2, -0.15) is 0 Å². The van der Waals surface area contributed by atoms with Crippen LogP contribution in [0.5, 0.6) is 0 Å². The molecule has 4 heteroatoms. The Bertz CT molecular complexity index is 786. The Morgan fingerprint density at radius 2 is 2.05 bits per heavy atom. The number of thiophene rings is 1. The zero-order valence-corrected chi connectivity index (χ0v) is 13.6. The summed E-state index contributed by atoms with van der Waals surface area (Å²) in [6, 6.07) is 10.5. The molecular weight excluding hydrogens is 298 g/mol. The summed E-state index contributed by atoms with van der Waals surface area (Å²) in [5.41, 5.74) is 3.95. The molecule has 0 N–H and O–H groups in total. The van der Waals surface area contributed by atoms with Crippen molar-refractivity contribution in [3.63, 3.8) is 0 Å². The summed E-state index contributed by atoms with van der Waals surface area (Å²) in [4.78, 5) is 1.26. The Morgan fingerprint density at radius 3 is 2.86 bits per heavy atom. The second kappa shape index (κ2) is 4.75. The molecule has 0 amide bonds. The molecule has 0 saturated heterocycles. The smallest absolute Gasteiger partial charge is 0.172 e. The highest BCUT2D eigenvalue weighted by Crippen LogP contribution is 2.50. The molecule has 4 rings (SSSR count). The van der Waals surface area contributed by atoms with Gasteiger partial charge in [-0.1, -0.05) is 49.0 Å². The first kappa shape index (κ1) is 13.2. The first-order valence-corrected chi connectivity index (χ1v) is 8.63. The highest BCUT2D eigenvalue weighted by molar-refractivity contribution is 8.01. The number of benzene rings is 1. The van der Waals surface area contributed by atoms with Crippen LogP contribution in [0.2, 0.25) is 0 Å². The second-order valence-electron chi connectivity index (χ2n) is 5.97. The van der Waals surface area contributed by atoms with E-state index < -0.39 is 0 Å². The van der Waals surface area contributed by atoms with Crippen molar-refractivity contribution in [2.75, 3.05) is 0 Å². The van der Waals surface area contributed by atoms with E-state index in [1.165, 1.54) is 25.8 Å². The normalized spacial score (nSPS) is 15.5. The lowest BCUT2D eigenvalue weighted by molar-refractivity contribution is 0.423. The fraction of sp³-hybridized carbons (Fsp3) is 0.235. The van der Waals surface area contributed by atoms with E-state index in [0.717, 1.165) is 12.2 Å². The van der Waals surface area contributed by atoms with Crippen LogP contribution in [0.15, 0.2) is 55.5 Å². The summed E-state index contributed by atoms with van der Waals surface area (Å²) in [5.74, 6) is 0.959. The molecule has 3 aromatic rings. The van der Waals surface area contributed by atoms with E-state index in [-0.39, 0.29) is 5.41 Å². The van der Waals surface area contributed by atoms with E-state index in [4.69, 9.17) is 4.52 Å². The van der Waals surface area contributed by atoms with Crippen molar-refractivity contribution in [3.8, 4) is 11.3 Å². The number of hydrogen-bond donors (Lipinski definition) is 0. The first-order chi connectivity index (χ1) is 10.1. The van der Waals surface area contributed by atoms with Crippen LogP contribution >= 0.6 is 23.1 Å². The van der Waals surface area contributed by atoms with Gasteiger partial charge in [0.05, 0.1) is 10.4 Å². The van der Waals surface area contributed by atoms with Gasteiger partial charge >= 0.3 is 0 Å². The van der Waals surface area contributed by atoms with Gasteiger partial charge in [-0.25, -0.2) is 0 Å². The Kier molecular flexibility index (Phi) is 2.98. The molecule has 2 nitrogen and oxygen atoms in total. The maximum Gasteiger partial charge on any atom is 0.172 e.